The summed E-state index contributed by atoms with van der Waals surface area (Å²) in [6, 6.07) is 17.1. The molecule has 1 atom stereocenters. The number of sulfonamides is 1. The van der Waals surface area contributed by atoms with E-state index < -0.39 is 16.1 Å². The van der Waals surface area contributed by atoms with Crippen LogP contribution in [-0.4, -0.2) is 63.9 Å². The fraction of sp³-hybridized carbons (Fsp3) is 0.357. The minimum absolute atomic E-state index is 0.205. The van der Waals surface area contributed by atoms with E-state index in [4.69, 9.17) is 9.47 Å². The SMILES string of the molecule is COc1ccc(C[C@H](NC(C)=O)C(=O)NC2CCN(S(=O)(=O)c3cccc4ccccc34)CC2)cc1OC. The Labute approximate surface area is 223 Å². The van der Waals surface area contributed by atoms with Gasteiger partial charge < -0.3 is 20.1 Å². The maximum absolute atomic E-state index is 13.4. The molecule has 0 aromatic heterocycles. The van der Waals surface area contributed by atoms with Gasteiger partial charge in [-0.3, -0.25) is 9.59 Å². The topological polar surface area (TPSA) is 114 Å². The third kappa shape index (κ3) is 6.08. The maximum Gasteiger partial charge on any atom is 0.243 e. The van der Waals surface area contributed by atoms with Crippen molar-refractivity contribution >= 4 is 32.6 Å². The Balaban J connectivity index is 1.41. The highest BCUT2D eigenvalue weighted by molar-refractivity contribution is 7.89. The lowest BCUT2D eigenvalue weighted by molar-refractivity contribution is -0.128. The molecule has 1 aliphatic rings. The van der Waals surface area contributed by atoms with Gasteiger partial charge in [-0.1, -0.05) is 42.5 Å². The molecule has 10 heteroatoms. The fourth-order valence-corrected chi connectivity index (χ4v) is 6.48. The molecule has 9 nitrogen and oxygen atoms in total. The summed E-state index contributed by atoms with van der Waals surface area (Å²) in [7, 11) is -0.605. The number of hydrogen-bond donors (Lipinski definition) is 2. The number of carbonyl (C=O) groups is 2. The van der Waals surface area contributed by atoms with Crippen molar-refractivity contribution in [2.45, 2.75) is 43.2 Å². The number of ether oxygens (including phenoxy) is 2. The number of amides is 2. The van der Waals surface area contributed by atoms with E-state index in [1.807, 2.05) is 36.4 Å². The summed E-state index contributed by atoms with van der Waals surface area (Å²) in [4.78, 5) is 25.3. The summed E-state index contributed by atoms with van der Waals surface area (Å²) in [5.41, 5.74) is 0.799. The number of nitrogens with zero attached hydrogens (tertiary/aromatic N) is 1. The lowest BCUT2D eigenvalue weighted by Gasteiger charge is -2.32. The second-order valence-corrected chi connectivity index (χ2v) is 11.2. The van der Waals surface area contributed by atoms with Gasteiger partial charge in [-0.05, 0) is 42.0 Å². The van der Waals surface area contributed by atoms with Gasteiger partial charge in [0.15, 0.2) is 11.5 Å². The number of piperidine rings is 1. The van der Waals surface area contributed by atoms with Gasteiger partial charge in [-0.15, -0.1) is 0 Å². The summed E-state index contributed by atoms with van der Waals surface area (Å²) in [5.74, 6) is 0.473. The van der Waals surface area contributed by atoms with Crippen LogP contribution in [0.25, 0.3) is 10.8 Å². The third-order valence-electron chi connectivity index (χ3n) is 6.75. The number of fused-ring (bicyclic) bond motifs is 1. The minimum atomic E-state index is -3.68. The highest BCUT2D eigenvalue weighted by atomic mass is 32.2. The van der Waals surface area contributed by atoms with Crippen molar-refractivity contribution in [2.75, 3.05) is 27.3 Å². The molecule has 1 saturated heterocycles. The molecule has 2 amide bonds. The summed E-state index contributed by atoms with van der Waals surface area (Å²) < 4.78 is 39.0. The van der Waals surface area contributed by atoms with E-state index in [0.717, 1.165) is 10.9 Å². The van der Waals surface area contributed by atoms with E-state index in [9.17, 15) is 18.0 Å². The van der Waals surface area contributed by atoms with Gasteiger partial charge in [-0.25, -0.2) is 8.42 Å². The molecule has 0 saturated carbocycles. The van der Waals surface area contributed by atoms with Gasteiger partial charge >= 0.3 is 0 Å². The lowest BCUT2D eigenvalue weighted by atomic mass is 10.0. The first-order chi connectivity index (χ1) is 18.2. The van der Waals surface area contributed by atoms with Gasteiger partial charge in [0.1, 0.15) is 6.04 Å². The predicted molar refractivity (Wildman–Crippen MR) is 145 cm³/mol. The standard InChI is InChI=1S/C28H33N3O6S/c1-19(32)29-24(17-20-11-12-25(36-2)26(18-20)37-3)28(33)30-22-13-15-31(16-14-22)38(34,35)27-10-6-8-21-7-4-5-9-23(21)27/h4-12,18,22,24H,13-17H2,1-3H3,(H,29,32)(H,30,33)/t24-/m0/s1. The second kappa shape index (κ2) is 11.8. The van der Waals surface area contributed by atoms with E-state index >= 15 is 0 Å². The number of carbonyl (C=O) groups excluding carboxylic acids is 2. The van der Waals surface area contributed by atoms with Gasteiger partial charge in [0.25, 0.3) is 0 Å². The summed E-state index contributed by atoms with van der Waals surface area (Å²) >= 11 is 0. The van der Waals surface area contributed by atoms with Gasteiger partial charge in [0.05, 0.1) is 19.1 Å². The molecule has 1 fully saturated rings. The van der Waals surface area contributed by atoms with Crippen LogP contribution < -0.4 is 20.1 Å². The molecular weight excluding hydrogens is 506 g/mol. The Morgan fingerprint density at radius 1 is 0.974 bits per heavy atom. The Bertz CT molecular complexity index is 1410. The van der Waals surface area contributed by atoms with Crippen LogP contribution in [0.5, 0.6) is 11.5 Å². The quantitative estimate of drug-likeness (QED) is 0.432. The highest BCUT2D eigenvalue weighted by Crippen LogP contribution is 2.29. The van der Waals surface area contributed by atoms with E-state index in [-0.39, 0.29) is 37.4 Å². The number of benzene rings is 3. The van der Waals surface area contributed by atoms with Crippen molar-refractivity contribution in [1.29, 1.82) is 0 Å². The van der Waals surface area contributed by atoms with Gasteiger partial charge in [0, 0.05) is 37.9 Å². The molecule has 1 heterocycles. The number of hydrogen-bond acceptors (Lipinski definition) is 6. The Kier molecular flexibility index (Phi) is 8.53. The summed E-state index contributed by atoms with van der Waals surface area (Å²) in [6.07, 6.45) is 1.21. The molecule has 0 bridgehead atoms. The smallest absolute Gasteiger partial charge is 0.243 e. The molecule has 0 unspecified atom stereocenters. The first kappa shape index (κ1) is 27.4. The summed E-state index contributed by atoms with van der Waals surface area (Å²) in [5, 5.41) is 7.29. The minimum Gasteiger partial charge on any atom is -0.493 e. The first-order valence-electron chi connectivity index (χ1n) is 12.5. The number of rotatable bonds is 9. The molecule has 202 valence electrons. The molecule has 2 N–H and O–H groups in total. The first-order valence-corrected chi connectivity index (χ1v) is 13.9. The molecule has 3 aromatic carbocycles. The second-order valence-electron chi connectivity index (χ2n) is 9.31. The van der Waals surface area contributed by atoms with E-state index in [2.05, 4.69) is 10.6 Å². The number of methoxy groups -OCH3 is 2. The lowest BCUT2D eigenvalue weighted by Crippen LogP contribution is -2.53. The van der Waals surface area contributed by atoms with Crippen LogP contribution in [0.3, 0.4) is 0 Å². The molecule has 4 rings (SSSR count). The zero-order valence-corrected chi connectivity index (χ0v) is 22.6. The average molecular weight is 540 g/mol. The van der Waals surface area contributed by atoms with Gasteiger partial charge in [0.2, 0.25) is 21.8 Å². The van der Waals surface area contributed by atoms with E-state index in [1.165, 1.54) is 18.3 Å². The van der Waals surface area contributed by atoms with Gasteiger partial charge in [-0.2, -0.15) is 4.31 Å². The van der Waals surface area contributed by atoms with Crippen molar-refractivity contribution in [3.63, 3.8) is 0 Å². The van der Waals surface area contributed by atoms with Crippen molar-refractivity contribution in [3.8, 4) is 11.5 Å². The Morgan fingerprint density at radius 3 is 2.34 bits per heavy atom. The molecule has 3 aromatic rings. The van der Waals surface area contributed by atoms with Crippen LogP contribution in [0.2, 0.25) is 0 Å². The summed E-state index contributed by atoms with van der Waals surface area (Å²) in [6.45, 7) is 1.94. The van der Waals surface area contributed by atoms with Crippen LogP contribution in [0, 0.1) is 0 Å². The normalized spacial score (nSPS) is 15.6. The molecule has 0 aliphatic carbocycles. The van der Waals surface area contributed by atoms with Crippen LogP contribution in [0.15, 0.2) is 65.6 Å². The van der Waals surface area contributed by atoms with Crippen LogP contribution >= 0.6 is 0 Å². The van der Waals surface area contributed by atoms with Crippen molar-refractivity contribution < 1.29 is 27.5 Å². The average Bonchev–Trinajstić information content (AvgIpc) is 2.92. The maximum atomic E-state index is 13.4. The van der Waals surface area contributed by atoms with Crippen LogP contribution in [-0.2, 0) is 26.0 Å². The van der Waals surface area contributed by atoms with E-state index in [0.29, 0.717) is 34.6 Å². The molecule has 0 radical (unpaired) electrons. The Morgan fingerprint density at radius 2 is 1.66 bits per heavy atom. The fourth-order valence-electron chi connectivity index (χ4n) is 4.80. The third-order valence-corrected chi connectivity index (χ3v) is 8.71. The highest BCUT2D eigenvalue weighted by Gasteiger charge is 2.32. The molecule has 0 spiro atoms. The zero-order chi connectivity index (χ0) is 27.3. The molecular formula is C28H33N3O6S. The van der Waals surface area contributed by atoms with Crippen molar-refractivity contribution in [3.05, 3.63) is 66.2 Å². The predicted octanol–water partition coefficient (Wildman–Crippen LogP) is 2.87. The molecule has 38 heavy (non-hydrogen) atoms. The monoisotopic (exact) mass is 539 g/mol. The van der Waals surface area contributed by atoms with Crippen molar-refractivity contribution in [1.82, 2.24) is 14.9 Å². The van der Waals surface area contributed by atoms with Crippen LogP contribution in [0.4, 0.5) is 0 Å². The largest absolute Gasteiger partial charge is 0.493 e. The zero-order valence-electron chi connectivity index (χ0n) is 21.8. The molecule has 1 aliphatic heterocycles. The van der Waals surface area contributed by atoms with Crippen molar-refractivity contribution in [2.24, 2.45) is 0 Å². The Hall–Kier alpha value is -3.63. The van der Waals surface area contributed by atoms with Crippen LogP contribution in [0.1, 0.15) is 25.3 Å². The number of nitrogens with one attached hydrogen (secondary N) is 2. The van der Waals surface area contributed by atoms with E-state index in [1.54, 1.807) is 31.4 Å².